The highest BCUT2D eigenvalue weighted by Gasteiger charge is 2.24. The van der Waals surface area contributed by atoms with Crippen molar-refractivity contribution >= 4 is 33.2 Å². The van der Waals surface area contributed by atoms with Crippen LogP contribution in [-0.4, -0.2) is 32.8 Å². The number of halogens is 1. The van der Waals surface area contributed by atoms with Crippen LogP contribution in [0, 0.1) is 0 Å². The van der Waals surface area contributed by atoms with Crippen molar-refractivity contribution in [1.29, 1.82) is 0 Å². The van der Waals surface area contributed by atoms with E-state index in [1.807, 2.05) is 0 Å². The second kappa shape index (κ2) is 5.99. The molecule has 1 atom stereocenters. The lowest BCUT2D eigenvalue weighted by Gasteiger charge is -2.14. The number of carbonyl (C=O) groups excluding carboxylic acids is 1. The molecule has 1 aromatic carbocycles. The fourth-order valence-electron chi connectivity index (χ4n) is 2.09. The number of anilines is 1. The molecule has 0 saturated carbocycles. The van der Waals surface area contributed by atoms with Gasteiger partial charge >= 0.3 is 0 Å². The van der Waals surface area contributed by atoms with E-state index in [-0.39, 0.29) is 28.1 Å². The molecule has 6 nitrogen and oxygen atoms in total. The van der Waals surface area contributed by atoms with E-state index in [9.17, 15) is 13.2 Å². The molecule has 0 bridgehead atoms. The molecule has 20 heavy (non-hydrogen) atoms. The molecule has 110 valence electrons. The molecule has 0 aliphatic carbocycles. The number of benzene rings is 1. The molecule has 3 N–H and O–H groups in total. The van der Waals surface area contributed by atoms with Crippen molar-refractivity contribution in [1.82, 2.24) is 0 Å². The van der Waals surface area contributed by atoms with Gasteiger partial charge in [-0.3, -0.25) is 9.52 Å². The average molecular weight is 319 g/mol. The van der Waals surface area contributed by atoms with Crippen LogP contribution in [-0.2, 0) is 14.8 Å². The summed E-state index contributed by atoms with van der Waals surface area (Å²) in [4.78, 5) is 11.4. The fourth-order valence-corrected chi connectivity index (χ4v) is 3.70. The highest BCUT2D eigenvalue weighted by Crippen LogP contribution is 2.25. The number of primary amides is 1. The lowest BCUT2D eigenvalue weighted by molar-refractivity contribution is 0.100. The minimum absolute atomic E-state index is 0.0370. The molecule has 0 spiro atoms. The third-order valence-electron chi connectivity index (χ3n) is 2.95. The van der Waals surface area contributed by atoms with Crippen LogP contribution in [0.15, 0.2) is 18.2 Å². The molecule has 1 fully saturated rings. The van der Waals surface area contributed by atoms with E-state index in [0.29, 0.717) is 13.0 Å². The summed E-state index contributed by atoms with van der Waals surface area (Å²) in [6, 6.07) is 4.46. The van der Waals surface area contributed by atoms with Gasteiger partial charge in [0, 0.05) is 6.61 Å². The summed E-state index contributed by atoms with van der Waals surface area (Å²) in [6.07, 6.45) is 1.24. The molecule has 2 rings (SSSR count). The van der Waals surface area contributed by atoms with Crippen LogP contribution in [0.5, 0.6) is 0 Å². The lowest BCUT2D eigenvalue weighted by Crippen LogP contribution is -2.27. The minimum Gasteiger partial charge on any atom is -0.377 e. The highest BCUT2D eigenvalue weighted by molar-refractivity contribution is 7.92. The fraction of sp³-hybridized carbons (Fsp3) is 0.417. The van der Waals surface area contributed by atoms with E-state index >= 15 is 0 Å². The number of amides is 1. The van der Waals surface area contributed by atoms with Crippen LogP contribution >= 0.6 is 11.6 Å². The van der Waals surface area contributed by atoms with Crippen LogP contribution in [0.1, 0.15) is 23.2 Å². The standard InChI is InChI=1S/C12H15ClN2O4S/c13-9-4-1-5-10(11(9)12(14)16)15-20(17,18)7-8-3-2-6-19-8/h1,4-5,8,15H,2-3,6-7H2,(H2,14,16). The number of rotatable bonds is 5. The topological polar surface area (TPSA) is 98.5 Å². The van der Waals surface area contributed by atoms with Gasteiger partial charge in [0.15, 0.2) is 0 Å². The second-order valence-corrected chi connectivity index (χ2v) is 6.72. The molecule has 0 radical (unpaired) electrons. The van der Waals surface area contributed by atoms with Gasteiger partial charge in [-0.25, -0.2) is 8.42 Å². The van der Waals surface area contributed by atoms with Gasteiger partial charge in [-0.1, -0.05) is 17.7 Å². The van der Waals surface area contributed by atoms with E-state index in [0.717, 1.165) is 6.42 Å². The Morgan fingerprint density at radius 3 is 2.85 bits per heavy atom. The summed E-state index contributed by atoms with van der Waals surface area (Å²) in [5.41, 5.74) is 5.26. The summed E-state index contributed by atoms with van der Waals surface area (Å²) < 4.78 is 31.7. The molecule has 1 unspecified atom stereocenters. The number of nitrogens with one attached hydrogen (secondary N) is 1. The first-order valence-electron chi connectivity index (χ1n) is 6.09. The third-order valence-corrected chi connectivity index (χ3v) is 4.61. The summed E-state index contributed by atoms with van der Waals surface area (Å²) in [5.74, 6) is -0.942. The Morgan fingerprint density at radius 2 is 2.25 bits per heavy atom. The van der Waals surface area contributed by atoms with Crippen LogP contribution in [0.25, 0.3) is 0 Å². The zero-order valence-electron chi connectivity index (χ0n) is 10.6. The second-order valence-electron chi connectivity index (χ2n) is 4.55. The van der Waals surface area contributed by atoms with Crippen molar-refractivity contribution in [3.05, 3.63) is 28.8 Å². The van der Waals surface area contributed by atoms with Gasteiger partial charge in [0.05, 0.1) is 28.1 Å². The van der Waals surface area contributed by atoms with Crippen LogP contribution < -0.4 is 10.5 Å². The number of nitrogens with two attached hydrogens (primary N) is 1. The molecule has 1 heterocycles. The van der Waals surface area contributed by atoms with Gasteiger partial charge in [-0.05, 0) is 25.0 Å². The van der Waals surface area contributed by atoms with Crippen molar-refractivity contribution in [2.45, 2.75) is 18.9 Å². The monoisotopic (exact) mass is 318 g/mol. The normalized spacial score (nSPS) is 18.9. The largest absolute Gasteiger partial charge is 0.377 e. The van der Waals surface area contributed by atoms with Gasteiger partial charge in [-0.2, -0.15) is 0 Å². The maximum atomic E-state index is 12.1. The quantitative estimate of drug-likeness (QED) is 0.856. The molecule has 8 heteroatoms. The van der Waals surface area contributed by atoms with Crippen molar-refractivity contribution in [2.24, 2.45) is 5.73 Å². The van der Waals surface area contributed by atoms with E-state index in [2.05, 4.69) is 4.72 Å². The first-order valence-corrected chi connectivity index (χ1v) is 8.12. The van der Waals surface area contributed by atoms with Crippen LogP contribution in [0.3, 0.4) is 0 Å². The smallest absolute Gasteiger partial charge is 0.252 e. The Kier molecular flexibility index (Phi) is 4.52. The number of sulfonamides is 1. The first-order chi connectivity index (χ1) is 9.39. The van der Waals surface area contributed by atoms with Crippen molar-refractivity contribution in [3.8, 4) is 0 Å². The predicted octanol–water partition coefficient (Wildman–Crippen LogP) is 1.36. The predicted molar refractivity (Wildman–Crippen MR) is 76.4 cm³/mol. The van der Waals surface area contributed by atoms with Crippen molar-refractivity contribution < 1.29 is 17.9 Å². The van der Waals surface area contributed by atoms with Crippen LogP contribution in [0.2, 0.25) is 5.02 Å². The van der Waals surface area contributed by atoms with E-state index in [4.69, 9.17) is 22.1 Å². The SMILES string of the molecule is NC(=O)c1c(Cl)cccc1NS(=O)(=O)CC1CCCO1. The summed E-state index contributed by atoms with van der Waals surface area (Å²) in [7, 11) is -3.63. The Balaban J connectivity index is 2.20. The third kappa shape index (κ3) is 3.62. The molecule has 0 aromatic heterocycles. The first kappa shape index (κ1) is 15.1. The lowest BCUT2D eigenvalue weighted by atomic mass is 10.2. The van der Waals surface area contributed by atoms with Gasteiger partial charge in [0.1, 0.15) is 0 Å². The Bertz CT molecular complexity index is 612. The molecule has 1 aromatic rings. The number of carbonyl (C=O) groups is 1. The van der Waals surface area contributed by atoms with Crippen molar-refractivity contribution in [2.75, 3.05) is 17.1 Å². The minimum atomic E-state index is -3.63. The summed E-state index contributed by atoms with van der Waals surface area (Å²) in [5, 5.41) is 0.106. The van der Waals surface area contributed by atoms with Crippen LogP contribution in [0.4, 0.5) is 5.69 Å². The summed E-state index contributed by atoms with van der Waals surface area (Å²) >= 11 is 5.86. The Labute approximate surface area is 122 Å². The average Bonchev–Trinajstić information content (AvgIpc) is 2.79. The van der Waals surface area contributed by atoms with Crippen molar-refractivity contribution in [3.63, 3.8) is 0 Å². The van der Waals surface area contributed by atoms with Gasteiger partial charge in [0.25, 0.3) is 5.91 Å². The van der Waals surface area contributed by atoms with E-state index in [1.165, 1.54) is 12.1 Å². The molecule has 1 saturated heterocycles. The molecule has 1 aliphatic rings. The van der Waals surface area contributed by atoms with E-state index < -0.39 is 15.9 Å². The molecular formula is C12H15ClN2O4S. The zero-order valence-corrected chi connectivity index (χ0v) is 12.2. The molecule has 1 aliphatic heterocycles. The van der Waals surface area contributed by atoms with Gasteiger partial charge in [0.2, 0.25) is 10.0 Å². The Morgan fingerprint density at radius 1 is 1.50 bits per heavy atom. The van der Waals surface area contributed by atoms with Gasteiger partial charge in [-0.15, -0.1) is 0 Å². The number of hydrogen-bond donors (Lipinski definition) is 2. The molecular weight excluding hydrogens is 304 g/mol. The van der Waals surface area contributed by atoms with Gasteiger partial charge < -0.3 is 10.5 Å². The maximum absolute atomic E-state index is 12.1. The molecule has 1 amide bonds. The zero-order chi connectivity index (χ0) is 14.8. The number of hydrogen-bond acceptors (Lipinski definition) is 4. The maximum Gasteiger partial charge on any atom is 0.252 e. The van der Waals surface area contributed by atoms with E-state index in [1.54, 1.807) is 6.07 Å². The summed E-state index contributed by atoms with van der Waals surface area (Å²) in [6.45, 7) is 0.573. The number of ether oxygens (including phenoxy) is 1. The Hall–Kier alpha value is -1.31. The highest BCUT2D eigenvalue weighted by atomic mass is 35.5.